The van der Waals surface area contributed by atoms with Crippen LogP contribution in [-0.4, -0.2) is 15.0 Å². The zero-order valence-corrected chi connectivity index (χ0v) is 18.7. The van der Waals surface area contributed by atoms with E-state index in [-0.39, 0.29) is 0 Å². The number of fused-ring (bicyclic) bond motifs is 1. The Morgan fingerprint density at radius 1 is 0.767 bits per heavy atom. The molecule has 0 aliphatic heterocycles. The van der Waals surface area contributed by atoms with Crippen LogP contribution in [0.5, 0.6) is 5.75 Å². The van der Waals surface area contributed by atoms with Crippen LogP contribution in [0.15, 0.2) is 54.6 Å². The lowest BCUT2D eigenvalue weighted by molar-refractivity contribution is -0.0328. The molecule has 0 bridgehead atoms. The lowest BCUT2D eigenvalue weighted by atomic mass is 9.99. The molecule has 4 heteroatoms. The number of para-hydroxylation sites is 2. The molecule has 4 nitrogen and oxygen atoms in total. The number of hydrogen-bond donors (Lipinski definition) is 0. The molecule has 0 N–H and O–H groups in total. The Balaban J connectivity index is 1.67. The summed E-state index contributed by atoms with van der Waals surface area (Å²) in [6.07, 6.45) is 13.6. The fraction of sp³-hybridized carbons (Fsp3) is 0.538. The monoisotopic (exact) mass is 407 g/mol. The van der Waals surface area contributed by atoms with E-state index in [2.05, 4.69) is 30.2 Å². The predicted molar refractivity (Wildman–Crippen MR) is 125 cm³/mol. The first-order valence-corrected chi connectivity index (χ1v) is 11.8. The highest BCUT2D eigenvalue weighted by atomic mass is 16.5. The molecule has 0 amide bonds. The third-order valence-electron chi connectivity index (χ3n) is 6.01. The molecule has 3 aromatic rings. The Morgan fingerprint density at radius 2 is 1.40 bits per heavy atom. The van der Waals surface area contributed by atoms with E-state index in [1.54, 1.807) is 0 Å². The van der Waals surface area contributed by atoms with E-state index in [4.69, 9.17) is 4.74 Å². The molecule has 2 aromatic carbocycles. The average molecular weight is 408 g/mol. The van der Waals surface area contributed by atoms with E-state index in [0.29, 0.717) is 0 Å². The average Bonchev–Trinajstić information content (AvgIpc) is 3.23. The largest absolute Gasteiger partial charge is 0.466 e. The summed E-state index contributed by atoms with van der Waals surface area (Å²) in [5, 5.41) is 8.93. The Morgan fingerprint density at radius 3 is 2.10 bits per heavy atom. The Labute approximate surface area is 181 Å². The van der Waals surface area contributed by atoms with Crippen molar-refractivity contribution in [2.45, 2.75) is 90.2 Å². The number of hydrogen-bond acceptors (Lipinski definition) is 3. The van der Waals surface area contributed by atoms with Gasteiger partial charge >= 0.3 is 0 Å². The SMILES string of the molecule is CCCCCCCCCCCC(CC)(Oc1ccccc1)n1nnc2ccccc21. The first kappa shape index (κ1) is 22.3. The van der Waals surface area contributed by atoms with Gasteiger partial charge in [-0.2, -0.15) is 0 Å². The molecule has 1 unspecified atom stereocenters. The van der Waals surface area contributed by atoms with Gasteiger partial charge in [0.2, 0.25) is 5.72 Å². The van der Waals surface area contributed by atoms with Gasteiger partial charge in [0.05, 0.1) is 5.52 Å². The van der Waals surface area contributed by atoms with Crippen molar-refractivity contribution in [1.82, 2.24) is 15.0 Å². The van der Waals surface area contributed by atoms with Gasteiger partial charge in [0, 0.05) is 12.8 Å². The molecule has 1 heterocycles. The van der Waals surface area contributed by atoms with E-state index >= 15 is 0 Å². The number of rotatable bonds is 14. The minimum atomic E-state index is -0.515. The maximum Gasteiger partial charge on any atom is 0.204 e. The second-order valence-electron chi connectivity index (χ2n) is 8.28. The number of aromatic nitrogens is 3. The van der Waals surface area contributed by atoms with Gasteiger partial charge in [-0.1, -0.05) is 101 Å². The molecule has 0 spiro atoms. The van der Waals surface area contributed by atoms with Gasteiger partial charge in [0.25, 0.3) is 0 Å². The number of ether oxygens (including phenoxy) is 1. The van der Waals surface area contributed by atoms with Crippen molar-refractivity contribution in [2.75, 3.05) is 0 Å². The van der Waals surface area contributed by atoms with E-state index < -0.39 is 5.72 Å². The zero-order valence-electron chi connectivity index (χ0n) is 18.7. The highest BCUT2D eigenvalue weighted by Gasteiger charge is 2.35. The smallest absolute Gasteiger partial charge is 0.204 e. The maximum atomic E-state index is 6.64. The highest BCUT2D eigenvalue weighted by Crippen LogP contribution is 2.33. The van der Waals surface area contributed by atoms with Gasteiger partial charge in [-0.3, -0.25) is 0 Å². The molecular weight excluding hydrogens is 370 g/mol. The van der Waals surface area contributed by atoms with Gasteiger partial charge in [-0.25, -0.2) is 4.68 Å². The van der Waals surface area contributed by atoms with Crippen molar-refractivity contribution >= 4 is 11.0 Å². The van der Waals surface area contributed by atoms with Crippen LogP contribution >= 0.6 is 0 Å². The number of benzene rings is 2. The molecule has 162 valence electrons. The zero-order chi connectivity index (χ0) is 21.1. The second-order valence-corrected chi connectivity index (χ2v) is 8.28. The van der Waals surface area contributed by atoms with Gasteiger partial charge in [-0.05, 0) is 30.7 Å². The van der Waals surface area contributed by atoms with Crippen LogP contribution in [0.3, 0.4) is 0 Å². The molecule has 3 rings (SSSR count). The summed E-state index contributed by atoms with van der Waals surface area (Å²) in [4.78, 5) is 0. The molecule has 1 aromatic heterocycles. The van der Waals surface area contributed by atoms with Crippen molar-refractivity contribution < 1.29 is 4.74 Å². The van der Waals surface area contributed by atoms with Crippen LogP contribution in [0.1, 0.15) is 84.5 Å². The number of nitrogens with zero attached hydrogens (tertiary/aromatic N) is 3. The molecule has 0 radical (unpaired) electrons. The summed E-state index contributed by atoms with van der Waals surface area (Å²) in [5.41, 5.74) is 1.43. The first-order valence-electron chi connectivity index (χ1n) is 11.8. The highest BCUT2D eigenvalue weighted by molar-refractivity contribution is 5.74. The van der Waals surface area contributed by atoms with Crippen LogP contribution in [0.25, 0.3) is 11.0 Å². The Kier molecular flexibility index (Phi) is 8.73. The van der Waals surface area contributed by atoms with E-state index in [1.165, 1.54) is 51.4 Å². The van der Waals surface area contributed by atoms with Crippen molar-refractivity contribution in [1.29, 1.82) is 0 Å². The summed E-state index contributed by atoms with van der Waals surface area (Å²) in [6, 6.07) is 18.3. The molecule has 0 saturated heterocycles. The van der Waals surface area contributed by atoms with Crippen LogP contribution < -0.4 is 4.74 Å². The van der Waals surface area contributed by atoms with Crippen LogP contribution in [0.4, 0.5) is 0 Å². The third kappa shape index (κ3) is 5.84. The molecular formula is C26H37N3O. The number of unbranched alkanes of at least 4 members (excludes halogenated alkanes) is 8. The van der Waals surface area contributed by atoms with Crippen LogP contribution in [0, 0.1) is 0 Å². The van der Waals surface area contributed by atoms with Crippen molar-refractivity contribution in [3.8, 4) is 5.75 Å². The molecule has 0 aliphatic carbocycles. The second kappa shape index (κ2) is 11.7. The summed E-state index contributed by atoms with van der Waals surface area (Å²) < 4.78 is 8.65. The summed E-state index contributed by atoms with van der Waals surface area (Å²) in [6.45, 7) is 4.46. The Hall–Kier alpha value is -2.36. The summed E-state index contributed by atoms with van der Waals surface area (Å²) in [7, 11) is 0. The molecule has 0 fully saturated rings. The van der Waals surface area contributed by atoms with Gasteiger partial charge in [0.15, 0.2) is 0 Å². The van der Waals surface area contributed by atoms with Crippen molar-refractivity contribution in [2.24, 2.45) is 0 Å². The van der Waals surface area contributed by atoms with Crippen LogP contribution in [0.2, 0.25) is 0 Å². The molecule has 30 heavy (non-hydrogen) atoms. The molecule has 0 aliphatic rings. The van der Waals surface area contributed by atoms with Crippen molar-refractivity contribution in [3.63, 3.8) is 0 Å². The fourth-order valence-electron chi connectivity index (χ4n) is 4.19. The lowest BCUT2D eigenvalue weighted by Gasteiger charge is -2.34. The van der Waals surface area contributed by atoms with E-state index in [0.717, 1.165) is 36.0 Å². The van der Waals surface area contributed by atoms with Crippen molar-refractivity contribution in [3.05, 3.63) is 54.6 Å². The van der Waals surface area contributed by atoms with Gasteiger partial charge < -0.3 is 4.74 Å². The minimum absolute atomic E-state index is 0.515. The Bertz CT molecular complexity index is 861. The summed E-state index contributed by atoms with van der Waals surface area (Å²) >= 11 is 0. The standard InChI is InChI=1S/C26H37N3O/c1-3-5-6-7-8-9-10-11-17-22-26(4-2,30-23-18-13-12-14-19-23)29-25-21-16-15-20-24(25)27-28-29/h12-16,18-21H,3-11,17,22H2,1-2H3. The van der Waals surface area contributed by atoms with E-state index in [1.807, 2.05) is 53.2 Å². The normalized spacial score (nSPS) is 13.4. The first-order chi connectivity index (χ1) is 14.8. The lowest BCUT2D eigenvalue weighted by Crippen LogP contribution is -2.40. The molecule has 1 atom stereocenters. The maximum absolute atomic E-state index is 6.64. The quantitative estimate of drug-likeness (QED) is 0.260. The fourth-order valence-corrected chi connectivity index (χ4v) is 4.19. The van der Waals surface area contributed by atoms with Gasteiger partial charge in [-0.15, -0.1) is 5.10 Å². The molecule has 0 saturated carbocycles. The van der Waals surface area contributed by atoms with Gasteiger partial charge in [0.1, 0.15) is 11.3 Å². The minimum Gasteiger partial charge on any atom is -0.466 e. The predicted octanol–water partition coefficient (Wildman–Crippen LogP) is 7.49. The van der Waals surface area contributed by atoms with E-state index in [9.17, 15) is 0 Å². The summed E-state index contributed by atoms with van der Waals surface area (Å²) in [5.74, 6) is 0.884. The third-order valence-corrected chi connectivity index (χ3v) is 6.01. The van der Waals surface area contributed by atoms with Crippen LogP contribution in [-0.2, 0) is 5.72 Å². The topological polar surface area (TPSA) is 39.9 Å².